The number of aryl methyl sites for hydroxylation is 4. The molecule has 0 bridgehead atoms. The number of para-hydroxylation sites is 4. The third-order valence-electron chi connectivity index (χ3n) is 16.4. The van der Waals surface area contributed by atoms with Gasteiger partial charge in [0.1, 0.15) is 0 Å². The lowest BCUT2D eigenvalue weighted by Gasteiger charge is -2.41. The summed E-state index contributed by atoms with van der Waals surface area (Å²) < 4.78 is 0. The van der Waals surface area contributed by atoms with Gasteiger partial charge in [0.25, 0.3) is 0 Å². The summed E-state index contributed by atoms with van der Waals surface area (Å²) in [4.78, 5) is 5.07. The lowest BCUT2D eigenvalue weighted by molar-refractivity contribution is 0.600. The Bertz CT molecular complexity index is 3070. The average molecular weight is 831 g/mol. The SMILES string of the molecule is Cc1ccccc1N(c1cc2c3c(c1)C(C)(C)c1ccc4c5c6c(c(c-3c15)C2(C)C)C(C)(C)c1cc(N(c2ccccc2C)c2ccccc2C)cc(c1-6)C4(C)C)c1ccccc1C. The summed E-state index contributed by atoms with van der Waals surface area (Å²) in [5.41, 5.74) is 29.0. The first kappa shape index (κ1) is 39.2. The largest absolute Gasteiger partial charge is 0.310 e. The molecule has 8 aromatic carbocycles. The maximum atomic E-state index is 2.57. The molecule has 0 spiro atoms. The van der Waals surface area contributed by atoms with Crippen molar-refractivity contribution in [3.63, 3.8) is 0 Å². The van der Waals surface area contributed by atoms with Crippen molar-refractivity contribution in [3.8, 4) is 22.3 Å². The molecule has 0 fully saturated rings. The summed E-state index contributed by atoms with van der Waals surface area (Å²) in [6.45, 7) is 29.1. The Balaban J connectivity index is 1.18. The summed E-state index contributed by atoms with van der Waals surface area (Å²) >= 11 is 0. The molecule has 0 saturated carbocycles. The van der Waals surface area contributed by atoms with E-state index in [-0.39, 0.29) is 21.7 Å². The van der Waals surface area contributed by atoms with Crippen LogP contribution in [0.15, 0.2) is 133 Å². The molecule has 8 aromatic rings. The average Bonchev–Trinajstić information content (AvgIpc) is 3.64. The fourth-order valence-electron chi connectivity index (χ4n) is 13.1. The van der Waals surface area contributed by atoms with E-state index < -0.39 is 0 Å². The van der Waals surface area contributed by atoms with Gasteiger partial charge in [-0.3, -0.25) is 0 Å². The zero-order chi connectivity index (χ0) is 44.6. The van der Waals surface area contributed by atoms with Crippen LogP contribution >= 0.6 is 0 Å². The summed E-state index contributed by atoms with van der Waals surface area (Å²) in [6, 6.07) is 50.9. The third kappa shape index (κ3) is 4.76. The van der Waals surface area contributed by atoms with Crippen LogP contribution in [-0.4, -0.2) is 0 Å². The Morgan fingerprint density at radius 1 is 0.297 bits per heavy atom. The smallest absolute Gasteiger partial charge is 0.0490 e. The zero-order valence-corrected chi connectivity index (χ0v) is 39.6. The van der Waals surface area contributed by atoms with Crippen LogP contribution in [0.1, 0.15) is 122 Å². The van der Waals surface area contributed by atoms with Crippen LogP contribution in [-0.2, 0) is 21.7 Å². The van der Waals surface area contributed by atoms with Crippen LogP contribution in [0.3, 0.4) is 0 Å². The minimum atomic E-state index is -0.268. The number of nitrogens with zero attached hydrogens (tertiary/aromatic N) is 2. The fraction of sp³-hybridized carbons (Fsp3) is 0.258. The quantitative estimate of drug-likeness (QED) is 0.165. The van der Waals surface area contributed by atoms with Crippen molar-refractivity contribution in [2.24, 2.45) is 0 Å². The summed E-state index contributed by atoms with van der Waals surface area (Å²) in [5.74, 6) is 0. The second kappa shape index (κ2) is 12.7. The van der Waals surface area contributed by atoms with Gasteiger partial charge in [0.05, 0.1) is 0 Å². The van der Waals surface area contributed by atoms with Crippen molar-refractivity contribution in [1.29, 1.82) is 0 Å². The second-order valence-corrected chi connectivity index (χ2v) is 21.6. The van der Waals surface area contributed by atoms with Crippen LogP contribution in [0.4, 0.5) is 34.1 Å². The van der Waals surface area contributed by atoms with E-state index in [1.807, 2.05) is 0 Å². The topological polar surface area (TPSA) is 6.48 Å². The van der Waals surface area contributed by atoms with Gasteiger partial charge in [0.15, 0.2) is 0 Å². The molecular weight excluding hydrogens is 773 g/mol. The highest BCUT2D eigenvalue weighted by Crippen LogP contribution is 2.70. The van der Waals surface area contributed by atoms with Crippen molar-refractivity contribution in [2.45, 2.75) is 105 Å². The highest BCUT2D eigenvalue weighted by atomic mass is 15.2. The number of hydrogen-bond donors (Lipinski definition) is 0. The highest BCUT2D eigenvalue weighted by Gasteiger charge is 2.54. The highest BCUT2D eigenvalue weighted by molar-refractivity contribution is 6.19. The number of hydrogen-bond acceptors (Lipinski definition) is 2. The van der Waals surface area contributed by atoms with Gasteiger partial charge in [-0.2, -0.15) is 0 Å². The Morgan fingerprint density at radius 3 is 0.844 bits per heavy atom. The molecule has 0 aromatic heterocycles. The summed E-state index contributed by atoms with van der Waals surface area (Å²) in [6.07, 6.45) is 0. The molecule has 0 N–H and O–H groups in total. The molecule has 64 heavy (non-hydrogen) atoms. The molecule has 0 saturated heterocycles. The molecule has 0 aliphatic heterocycles. The Labute approximate surface area is 380 Å². The van der Waals surface area contributed by atoms with Crippen LogP contribution in [0.2, 0.25) is 0 Å². The first-order chi connectivity index (χ1) is 30.5. The van der Waals surface area contributed by atoms with Gasteiger partial charge in [0.2, 0.25) is 0 Å². The van der Waals surface area contributed by atoms with Gasteiger partial charge >= 0.3 is 0 Å². The van der Waals surface area contributed by atoms with E-state index in [0.29, 0.717) is 0 Å². The van der Waals surface area contributed by atoms with E-state index in [0.717, 1.165) is 0 Å². The molecule has 0 unspecified atom stereocenters. The first-order valence-electron chi connectivity index (χ1n) is 23.4. The van der Waals surface area contributed by atoms with Gasteiger partial charge in [-0.05, 0) is 176 Å². The van der Waals surface area contributed by atoms with Gasteiger partial charge in [-0.15, -0.1) is 0 Å². The fourth-order valence-corrected chi connectivity index (χ4v) is 13.1. The normalized spacial score (nSPS) is 16.6. The Kier molecular flexibility index (Phi) is 7.76. The molecule has 2 nitrogen and oxygen atoms in total. The summed E-state index contributed by atoms with van der Waals surface area (Å²) in [5, 5.41) is 2.98. The van der Waals surface area contributed by atoms with Crippen molar-refractivity contribution in [1.82, 2.24) is 0 Å². The van der Waals surface area contributed by atoms with Crippen molar-refractivity contribution < 1.29 is 0 Å². The van der Waals surface area contributed by atoms with Crippen LogP contribution in [0.5, 0.6) is 0 Å². The van der Waals surface area contributed by atoms with Crippen molar-refractivity contribution >= 4 is 44.9 Å². The number of rotatable bonds is 6. The van der Waals surface area contributed by atoms with E-state index in [2.05, 4.69) is 226 Å². The minimum absolute atomic E-state index is 0.243. The van der Waals surface area contributed by atoms with Gasteiger partial charge in [0, 0.05) is 55.8 Å². The lowest BCUT2D eigenvalue weighted by Crippen LogP contribution is -2.28. The maximum absolute atomic E-state index is 2.57. The molecule has 0 heterocycles. The van der Waals surface area contributed by atoms with E-state index in [9.17, 15) is 0 Å². The monoisotopic (exact) mass is 830 g/mol. The van der Waals surface area contributed by atoms with Crippen molar-refractivity contribution in [2.75, 3.05) is 9.80 Å². The van der Waals surface area contributed by atoms with E-state index >= 15 is 0 Å². The molecule has 0 radical (unpaired) electrons. The molecule has 316 valence electrons. The van der Waals surface area contributed by atoms with E-state index in [1.165, 1.54) is 134 Å². The van der Waals surface area contributed by atoms with Gasteiger partial charge in [-0.1, -0.05) is 140 Å². The number of benzene rings is 8. The predicted molar refractivity (Wildman–Crippen MR) is 272 cm³/mol. The van der Waals surface area contributed by atoms with Crippen LogP contribution in [0.25, 0.3) is 33.0 Å². The standard InChI is InChI=1S/C62H58N2/c1-35-21-13-17-25-47(35)63(48-26-18-14-22-36(48)2)39-31-43-51-45(33-39)61(9,10)57-55(51)53-41(59(43,5)6)29-30-42-54(53)56-52-44(60(42,7)8)32-40(34-46(52)62(11,12)58(56)57)64(49-27-19-15-23-37(49)3)50-28-20-16-24-38(50)4/h13-34H,1-12H3. The zero-order valence-electron chi connectivity index (χ0n) is 39.6. The molecule has 0 atom stereocenters. The molecule has 12 rings (SSSR count). The van der Waals surface area contributed by atoms with Crippen LogP contribution < -0.4 is 9.80 Å². The molecule has 2 heteroatoms. The Hall–Kier alpha value is -6.38. The van der Waals surface area contributed by atoms with Crippen LogP contribution in [0, 0.1) is 27.7 Å². The van der Waals surface area contributed by atoms with Gasteiger partial charge in [-0.25, -0.2) is 0 Å². The maximum Gasteiger partial charge on any atom is 0.0490 e. The van der Waals surface area contributed by atoms with Crippen molar-refractivity contribution in [3.05, 3.63) is 200 Å². The van der Waals surface area contributed by atoms with Gasteiger partial charge < -0.3 is 9.80 Å². The molecular formula is C62H58N2. The summed E-state index contributed by atoms with van der Waals surface area (Å²) in [7, 11) is 0. The van der Waals surface area contributed by atoms with E-state index in [1.54, 1.807) is 0 Å². The number of fused-ring (bicyclic) bond motifs is 1. The Morgan fingerprint density at radius 2 is 0.562 bits per heavy atom. The number of anilines is 6. The second-order valence-electron chi connectivity index (χ2n) is 21.6. The van der Waals surface area contributed by atoms with E-state index in [4.69, 9.17) is 0 Å². The molecule has 0 amide bonds. The molecule has 4 aliphatic carbocycles. The third-order valence-corrected chi connectivity index (χ3v) is 16.4. The lowest BCUT2D eigenvalue weighted by atomic mass is 9.62. The predicted octanol–water partition coefficient (Wildman–Crippen LogP) is 16.9. The minimum Gasteiger partial charge on any atom is -0.310 e. The molecule has 4 aliphatic rings. The first-order valence-corrected chi connectivity index (χ1v) is 23.4.